The van der Waals surface area contributed by atoms with Gasteiger partial charge in [-0.25, -0.2) is 4.79 Å². The second-order valence-corrected chi connectivity index (χ2v) is 5.31. The molecule has 3 amide bonds. The molecule has 0 aliphatic heterocycles. The Balaban J connectivity index is 4.02. The molecule has 0 heterocycles. The zero-order valence-electron chi connectivity index (χ0n) is 11.7. The van der Waals surface area contributed by atoms with Crippen molar-refractivity contribution in [3.05, 3.63) is 0 Å². The Morgan fingerprint density at radius 3 is 2.37 bits per heavy atom. The standard InChI is InChI=1S/C12H23N3O4/c1-8(5-4-6-10(17)18)14-11(19)15-12(2,3)7-9(13)16/h8H,4-7H2,1-3H3,(H2,13,16)(H,17,18)(H2,14,15,19). The number of carbonyl (C=O) groups excluding carboxylic acids is 2. The molecule has 19 heavy (non-hydrogen) atoms. The van der Waals surface area contributed by atoms with Gasteiger partial charge >= 0.3 is 12.0 Å². The molecule has 0 rings (SSSR count). The number of carbonyl (C=O) groups is 3. The van der Waals surface area contributed by atoms with Crippen molar-refractivity contribution in [2.24, 2.45) is 5.73 Å². The fraction of sp³-hybridized carbons (Fsp3) is 0.750. The van der Waals surface area contributed by atoms with E-state index in [-0.39, 0.29) is 18.9 Å². The van der Waals surface area contributed by atoms with Gasteiger partial charge in [-0.05, 0) is 33.6 Å². The largest absolute Gasteiger partial charge is 0.481 e. The summed E-state index contributed by atoms with van der Waals surface area (Å²) < 4.78 is 0. The molecule has 0 fully saturated rings. The molecule has 0 aromatic heterocycles. The average molecular weight is 273 g/mol. The van der Waals surface area contributed by atoms with Crippen LogP contribution in [0, 0.1) is 0 Å². The number of amides is 3. The molecule has 0 saturated heterocycles. The van der Waals surface area contributed by atoms with E-state index >= 15 is 0 Å². The summed E-state index contributed by atoms with van der Waals surface area (Å²) in [6.07, 6.45) is 1.21. The van der Waals surface area contributed by atoms with Gasteiger partial charge in [-0.15, -0.1) is 0 Å². The Hall–Kier alpha value is -1.79. The van der Waals surface area contributed by atoms with Crippen LogP contribution in [0.25, 0.3) is 0 Å². The van der Waals surface area contributed by atoms with E-state index in [2.05, 4.69) is 10.6 Å². The van der Waals surface area contributed by atoms with Crippen LogP contribution in [0.2, 0.25) is 0 Å². The molecule has 1 atom stereocenters. The van der Waals surface area contributed by atoms with Gasteiger partial charge in [0.15, 0.2) is 0 Å². The van der Waals surface area contributed by atoms with Crippen molar-refractivity contribution in [3.8, 4) is 0 Å². The van der Waals surface area contributed by atoms with E-state index in [1.807, 2.05) is 0 Å². The maximum Gasteiger partial charge on any atom is 0.315 e. The topological polar surface area (TPSA) is 122 Å². The summed E-state index contributed by atoms with van der Waals surface area (Å²) in [5.74, 6) is -1.33. The first-order valence-electron chi connectivity index (χ1n) is 6.21. The van der Waals surface area contributed by atoms with Gasteiger partial charge in [-0.1, -0.05) is 0 Å². The first-order chi connectivity index (χ1) is 8.62. The quantitative estimate of drug-likeness (QED) is 0.516. The Labute approximate surface area is 112 Å². The van der Waals surface area contributed by atoms with Gasteiger partial charge in [0.1, 0.15) is 0 Å². The average Bonchev–Trinajstić information content (AvgIpc) is 2.12. The minimum atomic E-state index is -0.848. The van der Waals surface area contributed by atoms with Crippen LogP contribution in [-0.4, -0.2) is 34.6 Å². The number of carboxylic acids is 1. The van der Waals surface area contributed by atoms with Crippen LogP contribution in [0.15, 0.2) is 0 Å². The number of rotatable bonds is 8. The number of carboxylic acid groups (broad SMARTS) is 1. The summed E-state index contributed by atoms with van der Waals surface area (Å²) in [5, 5.41) is 13.8. The van der Waals surface area contributed by atoms with Crippen LogP contribution < -0.4 is 16.4 Å². The van der Waals surface area contributed by atoms with Crippen LogP contribution in [0.4, 0.5) is 4.79 Å². The normalized spacial score (nSPS) is 12.6. The summed E-state index contributed by atoms with van der Waals surface area (Å²) in [7, 11) is 0. The highest BCUT2D eigenvalue weighted by atomic mass is 16.4. The van der Waals surface area contributed by atoms with Crippen molar-refractivity contribution in [3.63, 3.8) is 0 Å². The summed E-state index contributed by atoms with van der Waals surface area (Å²) in [5.41, 5.74) is 4.37. The van der Waals surface area contributed by atoms with E-state index < -0.39 is 23.4 Å². The number of nitrogens with two attached hydrogens (primary N) is 1. The molecule has 0 aromatic carbocycles. The third kappa shape index (κ3) is 9.87. The second kappa shape index (κ2) is 7.60. The van der Waals surface area contributed by atoms with Crippen molar-refractivity contribution < 1.29 is 19.5 Å². The van der Waals surface area contributed by atoms with Crippen LogP contribution in [0.3, 0.4) is 0 Å². The SMILES string of the molecule is CC(CCCC(=O)O)NC(=O)NC(C)(C)CC(N)=O. The zero-order valence-corrected chi connectivity index (χ0v) is 11.7. The lowest BCUT2D eigenvalue weighted by molar-refractivity contribution is -0.137. The van der Waals surface area contributed by atoms with Gasteiger partial charge in [0.25, 0.3) is 0 Å². The molecule has 7 nitrogen and oxygen atoms in total. The van der Waals surface area contributed by atoms with Gasteiger partial charge in [0, 0.05) is 24.4 Å². The van der Waals surface area contributed by atoms with Gasteiger partial charge in [0.05, 0.1) is 0 Å². The van der Waals surface area contributed by atoms with Crippen molar-refractivity contribution in [2.45, 2.75) is 58.0 Å². The van der Waals surface area contributed by atoms with E-state index in [0.29, 0.717) is 12.8 Å². The zero-order chi connectivity index (χ0) is 15.1. The van der Waals surface area contributed by atoms with E-state index in [4.69, 9.17) is 10.8 Å². The van der Waals surface area contributed by atoms with Crippen molar-refractivity contribution in [1.82, 2.24) is 10.6 Å². The van der Waals surface area contributed by atoms with E-state index in [1.165, 1.54) is 0 Å². The number of nitrogens with one attached hydrogen (secondary N) is 2. The highest BCUT2D eigenvalue weighted by molar-refractivity contribution is 5.78. The van der Waals surface area contributed by atoms with Crippen molar-refractivity contribution in [2.75, 3.05) is 0 Å². The third-order valence-electron chi connectivity index (χ3n) is 2.47. The van der Waals surface area contributed by atoms with Crippen LogP contribution in [0.1, 0.15) is 46.5 Å². The lowest BCUT2D eigenvalue weighted by Crippen LogP contribution is -2.51. The smallest absolute Gasteiger partial charge is 0.315 e. The molecule has 110 valence electrons. The molecule has 0 spiro atoms. The number of aliphatic carboxylic acids is 1. The number of urea groups is 1. The summed E-state index contributed by atoms with van der Waals surface area (Å²) in [6.45, 7) is 5.20. The highest BCUT2D eigenvalue weighted by Gasteiger charge is 2.23. The van der Waals surface area contributed by atoms with Gasteiger partial charge in [-0.2, -0.15) is 0 Å². The predicted molar refractivity (Wildman–Crippen MR) is 70.5 cm³/mol. The molecule has 0 radical (unpaired) electrons. The fourth-order valence-electron chi connectivity index (χ4n) is 1.68. The Morgan fingerprint density at radius 1 is 1.32 bits per heavy atom. The third-order valence-corrected chi connectivity index (χ3v) is 2.47. The number of hydrogen-bond donors (Lipinski definition) is 4. The molecule has 0 aliphatic rings. The molecule has 5 N–H and O–H groups in total. The van der Waals surface area contributed by atoms with Gasteiger partial charge in [0.2, 0.25) is 5.91 Å². The molecule has 0 saturated carbocycles. The first kappa shape index (κ1) is 17.2. The van der Waals surface area contributed by atoms with Crippen LogP contribution >= 0.6 is 0 Å². The minimum absolute atomic E-state index is 0.0494. The number of hydrogen-bond acceptors (Lipinski definition) is 3. The lowest BCUT2D eigenvalue weighted by atomic mass is 10.0. The number of primary amides is 1. The summed E-state index contributed by atoms with van der Waals surface area (Å²) >= 11 is 0. The van der Waals surface area contributed by atoms with E-state index in [0.717, 1.165) is 0 Å². The van der Waals surface area contributed by atoms with Gasteiger partial charge < -0.3 is 21.5 Å². The van der Waals surface area contributed by atoms with E-state index in [1.54, 1.807) is 20.8 Å². The highest BCUT2D eigenvalue weighted by Crippen LogP contribution is 2.07. The Kier molecular flexibility index (Phi) is 6.89. The van der Waals surface area contributed by atoms with Crippen molar-refractivity contribution in [1.29, 1.82) is 0 Å². The summed E-state index contributed by atoms with van der Waals surface area (Å²) in [6, 6.07) is -0.530. The van der Waals surface area contributed by atoms with E-state index in [9.17, 15) is 14.4 Å². The molecular weight excluding hydrogens is 250 g/mol. The predicted octanol–water partition coefficient (Wildman–Crippen LogP) is 0.583. The molecule has 0 aliphatic carbocycles. The summed E-state index contributed by atoms with van der Waals surface area (Å²) in [4.78, 5) is 32.8. The Bertz CT molecular complexity index is 342. The van der Waals surface area contributed by atoms with Crippen LogP contribution in [0.5, 0.6) is 0 Å². The lowest BCUT2D eigenvalue weighted by Gasteiger charge is -2.26. The molecule has 0 aromatic rings. The second-order valence-electron chi connectivity index (χ2n) is 5.31. The first-order valence-corrected chi connectivity index (χ1v) is 6.21. The molecule has 0 bridgehead atoms. The van der Waals surface area contributed by atoms with Gasteiger partial charge in [-0.3, -0.25) is 9.59 Å². The monoisotopic (exact) mass is 273 g/mol. The maximum absolute atomic E-state index is 11.7. The van der Waals surface area contributed by atoms with Crippen molar-refractivity contribution >= 4 is 17.9 Å². The van der Waals surface area contributed by atoms with Crippen LogP contribution in [-0.2, 0) is 9.59 Å². The molecular formula is C12H23N3O4. The maximum atomic E-state index is 11.7. The molecule has 7 heteroatoms. The Morgan fingerprint density at radius 2 is 1.89 bits per heavy atom. The molecule has 1 unspecified atom stereocenters. The minimum Gasteiger partial charge on any atom is -0.481 e. The fourth-order valence-corrected chi connectivity index (χ4v) is 1.68.